The minimum absolute atomic E-state index is 0.210. The van der Waals surface area contributed by atoms with Gasteiger partial charge in [0.25, 0.3) is 0 Å². The van der Waals surface area contributed by atoms with Crippen LogP contribution in [0.5, 0.6) is 0 Å². The molecule has 3 N–H and O–H groups in total. The van der Waals surface area contributed by atoms with E-state index in [0.29, 0.717) is 30.8 Å². The molecule has 1 rings (SSSR count). The molecule has 1 aromatic heterocycles. The van der Waals surface area contributed by atoms with Crippen LogP contribution in [0.1, 0.15) is 39.2 Å². The fourth-order valence-electron chi connectivity index (χ4n) is 1.94. The van der Waals surface area contributed by atoms with Crippen LogP contribution in [0.25, 0.3) is 0 Å². The van der Waals surface area contributed by atoms with Gasteiger partial charge in [-0.1, -0.05) is 13.8 Å². The maximum atomic E-state index is 10.5. The Bertz CT molecular complexity index is 481. The van der Waals surface area contributed by atoms with E-state index in [0.717, 1.165) is 18.9 Å². The van der Waals surface area contributed by atoms with E-state index in [2.05, 4.69) is 29.5 Å². The lowest BCUT2D eigenvalue weighted by molar-refractivity contribution is 0.0428. The summed E-state index contributed by atoms with van der Waals surface area (Å²) >= 11 is 0. The molecule has 1 unspecified atom stereocenters. The molecular weight excluding hydrogens is 294 g/mol. The van der Waals surface area contributed by atoms with Crippen LogP contribution in [-0.4, -0.2) is 43.9 Å². The van der Waals surface area contributed by atoms with E-state index >= 15 is 0 Å². The monoisotopic (exact) mass is 325 g/mol. The van der Waals surface area contributed by atoms with Crippen LogP contribution in [0.4, 0.5) is 0 Å². The number of furan rings is 1. The lowest BCUT2D eigenvalue weighted by Gasteiger charge is -2.19. The second-order valence-electron chi connectivity index (χ2n) is 6.27. The first-order valence-electron chi connectivity index (χ1n) is 8.24. The first-order valence-corrected chi connectivity index (χ1v) is 8.24. The Kier molecular flexibility index (Phi) is 8.12. The lowest BCUT2D eigenvalue weighted by atomic mass is 10.0. The summed E-state index contributed by atoms with van der Waals surface area (Å²) in [7, 11) is 0. The third-order valence-corrected chi connectivity index (χ3v) is 3.15. The molecule has 0 radical (unpaired) electrons. The van der Waals surface area contributed by atoms with Gasteiger partial charge in [-0.05, 0) is 38.8 Å². The molecular formula is C17H31N3O3. The van der Waals surface area contributed by atoms with Crippen molar-refractivity contribution >= 4 is 5.96 Å². The first-order chi connectivity index (χ1) is 10.8. The molecule has 0 aromatic carbocycles. The van der Waals surface area contributed by atoms with Crippen LogP contribution in [0.3, 0.4) is 0 Å². The summed E-state index contributed by atoms with van der Waals surface area (Å²) in [6.07, 6.45) is 0. The fraction of sp³-hybridized carbons (Fsp3) is 0.706. The highest BCUT2D eigenvalue weighted by Gasteiger charge is 2.26. The number of guanidine groups is 1. The molecule has 1 heterocycles. The van der Waals surface area contributed by atoms with Crippen molar-refractivity contribution in [1.82, 2.24) is 10.6 Å². The van der Waals surface area contributed by atoms with Crippen LogP contribution in [0.15, 0.2) is 21.5 Å². The van der Waals surface area contributed by atoms with E-state index in [1.54, 1.807) is 13.0 Å². The number of rotatable bonds is 9. The van der Waals surface area contributed by atoms with E-state index < -0.39 is 5.60 Å². The zero-order valence-electron chi connectivity index (χ0n) is 15.0. The number of nitrogens with zero attached hydrogens (tertiary/aromatic N) is 1. The minimum Gasteiger partial charge on any atom is -0.463 e. The molecule has 0 amide bonds. The normalized spacial score (nSPS) is 14.8. The van der Waals surface area contributed by atoms with E-state index in [1.807, 2.05) is 19.9 Å². The van der Waals surface area contributed by atoms with E-state index in [4.69, 9.17) is 9.15 Å². The predicted octanol–water partition coefficient (Wildman–Crippen LogP) is 2.02. The van der Waals surface area contributed by atoms with Crippen molar-refractivity contribution in [3.8, 4) is 0 Å². The largest absolute Gasteiger partial charge is 0.463 e. The van der Waals surface area contributed by atoms with Gasteiger partial charge >= 0.3 is 0 Å². The molecule has 6 nitrogen and oxygen atoms in total. The number of hydrogen-bond acceptors (Lipinski definition) is 4. The molecule has 0 spiro atoms. The summed E-state index contributed by atoms with van der Waals surface area (Å²) < 4.78 is 11.0. The first kappa shape index (κ1) is 19.5. The molecule has 23 heavy (non-hydrogen) atoms. The number of hydrogen-bond donors (Lipinski definition) is 3. The van der Waals surface area contributed by atoms with E-state index in [-0.39, 0.29) is 6.54 Å². The van der Waals surface area contributed by atoms with Gasteiger partial charge in [0.2, 0.25) is 0 Å². The van der Waals surface area contributed by atoms with Gasteiger partial charge in [-0.2, -0.15) is 0 Å². The minimum atomic E-state index is -1.13. The second-order valence-corrected chi connectivity index (χ2v) is 6.27. The summed E-state index contributed by atoms with van der Waals surface area (Å²) in [6.45, 7) is 12.8. The topological polar surface area (TPSA) is 79.0 Å². The van der Waals surface area contributed by atoms with Gasteiger partial charge in [-0.15, -0.1) is 0 Å². The molecule has 0 saturated heterocycles. The van der Waals surface area contributed by atoms with Crippen molar-refractivity contribution in [1.29, 1.82) is 0 Å². The lowest BCUT2D eigenvalue weighted by Crippen LogP contribution is -2.40. The van der Waals surface area contributed by atoms with E-state index in [9.17, 15) is 5.11 Å². The van der Waals surface area contributed by atoms with Gasteiger partial charge in [0, 0.05) is 19.7 Å². The second kappa shape index (κ2) is 9.57. The molecule has 0 bridgehead atoms. The van der Waals surface area contributed by atoms with Crippen LogP contribution in [-0.2, 0) is 10.3 Å². The van der Waals surface area contributed by atoms with E-state index in [1.165, 1.54) is 0 Å². The molecule has 1 atom stereocenters. The Morgan fingerprint density at radius 2 is 2.13 bits per heavy atom. The fourth-order valence-corrected chi connectivity index (χ4v) is 1.94. The smallest absolute Gasteiger partial charge is 0.191 e. The summed E-state index contributed by atoms with van der Waals surface area (Å²) in [5.74, 6) is 2.49. The quantitative estimate of drug-likeness (QED) is 0.368. The van der Waals surface area contributed by atoms with Crippen molar-refractivity contribution in [3.63, 3.8) is 0 Å². The standard InChI is InChI=1S/C17H31N3O3/c1-6-18-16(19-9-10-22-11-13(2)3)20-12-17(5,21)15-8-7-14(4)23-15/h7-8,13,21H,6,9-12H2,1-5H3,(H2,18,19,20). The molecule has 6 heteroatoms. The number of nitrogens with one attached hydrogen (secondary N) is 2. The van der Waals surface area contributed by atoms with Crippen LogP contribution in [0.2, 0.25) is 0 Å². The zero-order valence-corrected chi connectivity index (χ0v) is 15.0. The van der Waals surface area contributed by atoms with Crippen LogP contribution in [0, 0.1) is 12.8 Å². The summed E-state index contributed by atoms with van der Waals surface area (Å²) in [5.41, 5.74) is -1.13. The highest BCUT2D eigenvalue weighted by Crippen LogP contribution is 2.22. The average molecular weight is 325 g/mol. The predicted molar refractivity (Wildman–Crippen MR) is 92.7 cm³/mol. The average Bonchev–Trinajstić information content (AvgIpc) is 2.91. The van der Waals surface area contributed by atoms with Crippen molar-refractivity contribution in [3.05, 3.63) is 23.7 Å². The summed E-state index contributed by atoms with van der Waals surface area (Å²) in [4.78, 5) is 4.43. The van der Waals surface area contributed by atoms with Gasteiger partial charge in [-0.25, -0.2) is 4.99 Å². The Labute approximate surface area is 139 Å². The highest BCUT2D eigenvalue weighted by molar-refractivity contribution is 5.79. The number of aryl methyl sites for hydroxylation is 1. The highest BCUT2D eigenvalue weighted by atomic mass is 16.5. The molecule has 0 saturated carbocycles. The number of ether oxygens (including phenoxy) is 1. The van der Waals surface area contributed by atoms with Gasteiger partial charge < -0.3 is 24.9 Å². The Balaban J connectivity index is 2.50. The Morgan fingerprint density at radius 1 is 1.39 bits per heavy atom. The molecule has 132 valence electrons. The molecule has 1 aromatic rings. The van der Waals surface area contributed by atoms with Crippen molar-refractivity contribution in [2.75, 3.05) is 32.8 Å². The van der Waals surface area contributed by atoms with Gasteiger partial charge in [-0.3, -0.25) is 0 Å². The van der Waals surface area contributed by atoms with Crippen molar-refractivity contribution < 1.29 is 14.3 Å². The molecule has 0 aliphatic carbocycles. The molecule has 0 aliphatic rings. The van der Waals surface area contributed by atoms with Crippen LogP contribution < -0.4 is 10.6 Å². The molecule has 0 fully saturated rings. The summed E-state index contributed by atoms with van der Waals surface area (Å²) in [6, 6.07) is 3.62. The third kappa shape index (κ3) is 7.52. The van der Waals surface area contributed by atoms with Crippen molar-refractivity contribution in [2.24, 2.45) is 10.9 Å². The maximum absolute atomic E-state index is 10.5. The summed E-state index contributed by atoms with van der Waals surface area (Å²) in [5, 5.41) is 16.9. The third-order valence-electron chi connectivity index (χ3n) is 3.15. The van der Waals surface area contributed by atoms with Gasteiger partial charge in [0.1, 0.15) is 17.1 Å². The number of aliphatic hydroxyl groups is 1. The molecule has 0 aliphatic heterocycles. The Morgan fingerprint density at radius 3 is 2.70 bits per heavy atom. The van der Waals surface area contributed by atoms with Crippen LogP contribution >= 0.6 is 0 Å². The maximum Gasteiger partial charge on any atom is 0.191 e. The Hall–Kier alpha value is -1.53. The van der Waals surface area contributed by atoms with Gasteiger partial charge in [0.05, 0.1) is 13.2 Å². The van der Waals surface area contributed by atoms with Crippen molar-refractivity contribution in [2.45, 2.75) is 40.2 Å². The zero-order chi connectivity index (χ0) is 17.3. The van der Waals surface area contributed by atoms with Gasteiger partial charge in [0.15, 0.2) is 5.96 Å². The SMILES string of the molecule is CCNC(=NCC(C)(O)c1ccc(C)o1)NCCOCC(C)C. The number of aliphatic imine (C=N–C) groups is 1.